The Hall–Kier alpha value is -2.61. The summed E-state index contributed by atoms with van der Waals surface area (Å²) in [6.07, 6.45) is 0. The number of nitrogens with zero attached hydrogens (tertiary/aromatic N) is 4. The highest BCUT2D eigenvalue weighted by molar-refractivity contribution is 7.99. The molecule has 8 heteroatoms. The van der Waals surface area contributed by atoms with Crippen LogP contribution >= 0.6 is 11.8 Å². The number of carbonyl (C=O) groups excluding carboxylic acids is 1. The molecule has 0 radical (unpaired) electrons. The lowest BCUT2D eigenvalue weighted by atomic mass is 10.0. The zero-order valence-electron chi connectivity index (χ0n) is 15.2. The van der Waals surface area contributed by atoms with E-state index in [1.807, 2.05) is 38.2 Å². The molecule has 0 spiro atoms. The number of carbonyl (C=O) groups is 1. The third-order valence-electron chi connectivity index (χ3n) is 3.89. The molecule has 7 nitrogen and oxygen atoms in total. The van der Waals surface area contributed by atoms with Gasteiger partial charge in [-0.05, 0) is 30.5 Å². The fourth-order valence-corrected chi connectivity index (χ4v) is 3.12. The van der Waals surface area contributed by atoms with Crippen LogP contribution in [0.25, 0.3) is 11.5 Å². The van der Waals surface area contributed by atoms with E-state index in [0.29, 0.717) is 28.4 Å². The fraction of sp³-hybridized carbons (Fsp3) is 0.333. The maximum atomic E-state index is 12.2. The van der Waals surface area contributed by atoms with E-state index in [0.717, 1.165) is 5.69 Å². The molecular formula is C18H21N5O2S. The molecule has 2 heterocycles. The van der Waals surface area contributed by atoms with Gasteiger partial charge in [-0.2, -0.15) is 0 Å². The van der Waals surface area contributed by atoms with Crippen LogP contribution in [-0.2, 0) is 11.8 Å². The molecule has 0 bridgehead atoms. The number of hydrogen-bond donors (Lipinski definition) is 1. The Morgan fingerprint density at radius 2 is 2.00 bits per heavy atom. The summed E-state index contributed by atoms with van der Waals surface area (Å²) in [4.78, 5) is 12.2. The van der Waals surface area contributed by atoms with Crippen molar-refractivity contribution in [2.45, 2.75) is 31.8 Å². The first-order valence-corrected chi connectivity index (χ1v) is 9.28. The van der Waals surface area contributed by atoms with Crippen LogP contribution in [0, 0.1) is 6.92 Å². The molecule has 1 aromatic carbocycles. The number of rotatable bonds is 6. The van der Waals surface area contributed by atoms with Gasteiger partial charge in [0.25, 0.3) is 0 Å². The summed E-state index contributed by atoms with van der Waals surface area (Å²) in [6, 6.07) is 9.70. The number of thioether (sulfide) groups is 1. The summed E-state index contributed by atoms with van der Waals surface area (Å²) < 4.78 is 6.87. The van der Waals surface area contributed by atoms with Crippen LogP contribution < -0.4 is 5.32 Å². The van der Waals surface area contributed by atoms with Crippen LogP contribution in [0.1, 0.15) is 31.1 Å². The Labute approximate surface area is 156 Å². The van der Waals surface area contributed by atoms with Crippen molar-refractivity contribution < 1.29 is 9.32 Å². The van der Waals surface area contributed by atoms with Crippen LogP contribution in [0.3, 0.4) is 0 Å². The van der Waals surface area contributed by atoms with Gasteiger partial charge in [-0.25, -0.2) is 0 Å². The van der Waals surface area contributed by atoms with Crippen LogP contribution in [0.2, 0.25) is 0 Å². The minimum atomic E-state index is -0.0888. The van der Waals surface area contributed by atoms with Gasteiger partial charge in [0.15, 0.2) is 16.7 Å². The van der Waals surface area contributed by atoms with Gasteiger partial charge in [0.2, 0.25) is 5.91 Å². The highest BCUT2D eigenvalue weighted by Gasteiger charge is 2.15. The summed E-state index contributed by atoms with van der Waals surface area (Å²) in [6.45, 7) is 6.10. The van der Waals surface area contributed by atoms with E-state index in [1.54, 1.807) is 10.6 Å². The Morgan fingerprint density at radius 1 is 1.27 bits per heavy atom. The smallest absolute Gasteiger partial charge is 0.234 e. The first-order valence-electron chi connectivity index (χ1n) is 8.29. The summed E-state index contributed by atoms with van der Waals surface area (Å²) in [7, 11) is 1.84. The van der Waals surface area contributed by atoms with Crippen molar-refractivity contribution in [1.29, 1.82) is 0 Å². The third kappa shape index (κ3) is 4.13. The quantitative estimate of drug-likeness (QED) is 0.666. The maximum absolute atomic E-state index is 12.2. The maximum Gasteiger partial charge on any atom is 0.234 e. The van der Waals surface area contributed by atoms with E-state index >= 15 is 0 Å². The number of aromatic nitrogens is 4. The molecule has 1 N–H and O–H groups in total. The normalized spacial score (nSPS) is 11.1. The number of nitrogens with one attached hydrogen (secondary N) is 1. The van der Waals surface area contributed by atoms with E-state index in [-0.39, 0.29) is 11.7 Å². The molecule has 0 aliphatic carbocycles. The molecule has 1 amide bonds. The van der Waals surface area contributed by atoms with Crippen molar-refractivity contribution in [1.82, 2.24) is 19.9 Å². The lowest BCUT2D eigenvalue weighted by Gasteiger charge is -2.08. The molecular weight excluding hydrogens is 350 g/mol. The zero-order valence-corrected chi connectivity index (χ0v) is 16.0. The topological polar surface area (TPSA) is 85.8 Å². The van der Waals surface area contributed by atoms with E-state index in [4.69, 9.17) is 4.52 Å². The fourth-order valence-electron chi connectivity index (χ4n) is 2.41. The molecule has 3 aromatic rings. The van der Waals surface area contributed by atoms with Crippen LogP contribution in [0.15, 0.2) is 40.0 Å². The van der Waals surface area contributed by atoms with Crippen molar-refractivity contribution in [3.63, 3.8) is 0 Å². The molecule has 0 saturated carbocycles. The van der Waals surface area contributed by atoms with Gasteiger partial charge < -0.3 is 14.4 Å². The van der Waals surface area contributed by atoms with Crippen LogP contribution in [0.5, 0.6) is 0 Å². The van der Waals surface area contributed by atoms with Crippen molar-refractivity contribution in [3.8, 4) is 11.5 Å². The number of aryl methyl sites for hydroxylation is 1. The van der Waals surface area contributed by atoms with E-state index in [1.165, 1.54) is 17.3 Å². The molecule has 26 heavy (non-hydrogen) atoms. The van der Waals surface area contributed by atoms with Gasteiger partial charge in [-0.15, -0.1) is 10.2 Å². The Morgan fingerprint density at radius 3 is 2.62 bits per heavy atom. The average molecular weight is 371 g/mol. The van der Waals surface area contributed by atoms with Gasteiger partial charge in [-0.1, -0.05) is 42.9 Å². The van der Waals surface area contributed by atoms with Crippen LogP contribution in [0.4, 0.5) is 5.69 Å². The summed E-state index contributed by atoms with van der Waals surface area (Å²) in [5.74, 6) is 1.94. The number of amides is 1. The summed E-state index contributed by atoms with van der Waals surface area (Å²) in [5, 5.41) is 15.7. The molecule has 0 fully saturated rings. The SMILES string of the molecule is Cc1cc(-c2nnc(SCC(=O)Nc3ccc(C(C)C)cc3)n2C)no1. The molecule has 0 aliphatic heterocycles. The molecule has 136 valence electrons. The Kier molecular flexibility index (Phi) is 5.41. The first-order chi connectivity index (χ1) is 12.4. The largest absolute Gasteiger partial charge is 0.361 e. The van der Waals surface area contributed by atoms with Gasteiger partial charge in [-0.3, -0.25) is 4.79 Å². The Balaban J connectivity index is 1.59. The minimum absolute atomic E-state index is 0.0888. The van der Waals surface area contributed by atoms with Crippen LogP contribution in [-0.4, -0.2) is 31.6 Å². The molecule has 3 rings (SSSR count). The summed E-state index contributed by atoms with van der Waals surface area (Å²) in [5.41, 5.74) is 2.66. The standard InChI is InChI=1S/C18H21N5O2S/c1-11(2)13-5-7-14(8-6-13)19-16(24)10-26-18-21-20-17(23(18)4)15-9-12(3)25-22-15/h5-9,11H,10H2,1-4H3,(H,19,24). The van der Waals surface area contributed by atoms with Crippen molar-refractivity contribution >= 4 is 23.4 Å². The lowest BCUT2D eigenvalue weighted by molar-refractivity contribution is -0.113. The number of benzene rings is 1. The second-order valence-electron chi connectivity index (χ2n) is 6.30. The third-order valence-corrected chi connectivity index (χ3v) is 4.91. The number of hydrogen-bond acceptors (Lipinski definition) is 6. The van der Waals surface area contributed by atoms with Gasteiger partial charge in [0.05, 0.1) is 5.75 Å². The second kappa shape index (κ2) is 7.74. The minimum Gasteiger partial charge on any atom is -0.361 e. The highest BCUT2D eigenvalue weighted by atomic mass is 32.2. The molecule has 0 unspecified atom stereocenters. The van der Waals surface area contributed by atoms with Crippen molar-refractivity contribution in [3.05, 3.63) is 41.7 Å². The predicted molar refractivity (Wildman–Crippen MR) is 101 cm³/mol. The monoisotopic (exact) mass is 371 g/mol. The van der Waals surface area contributed by atoms with Crippen molar-refractivity contribution in [2.24, 2.45) is 7.05 Å². The molecule has 0 atom stereocenters. The lowest BCUT2D eigenvalue weighted by Crippen LogP contribution is -2.14. The molecule has 0 aliphatic rings. The average Bonchev–Trinajstić information content (AvgIpc) is 3.19. The number of anilines is 1. The highest BCUT2D eigenvalue weighted by Crippen LogP contribution is 2.23. The predicted octanol–water partition coefficient (Wildman–Crippen LogP) is 3.63. The van der Waals surface area contributed by atoms with E-state index in [9.17, 15) is 4.79 Å². The van der Waals surface area contributed by atoms with Gasteiger partial charge in [0.1, 0.15) is 5.76 Å². The van der Waals surface area contributed by atoms with Crippen molar-refractivity contribution in [2.75, 3.05) is 11.1 Å². The first kappa shape index (κ1) is 18.2. The summed E-state index contributed by atoms with van der Waals surface area (Å²) >= 11 is 1.32. The second-order valence-corrected chi connectivity index (χ2v) is 7.24. The zero-order chi connectivity index (χ0) is 18.7. The Bertz CT molecular complexity index is 899. The van der Waals surface area contributed by atoms with E-state index in [2.05, 4.69) is 34.5 Å². The van der Waals surface area contributed by atoms with E-state index < -0.39 is 0 Å². The molecule has 0 saturated heterocycles. The van der Waals surface area contributed by atoms with Gasteiger partial charge in [0, 0.05) is 18.8 Å². The van der Waals surface area contributed by atoms with Gasteiger partial charge >= 0.3 is 0 Å². The molecule has 2 aromatic heterocycles.